The molecule has 5 heteroatoms. The number of likely N-dealkylation sites (tertiary alicyclic amines) is 1. The molecule has 3 rings (SSSR count). The quantitative estimate of drug-likeness (QED) is 0.837. The number of ether oxygens (including phenoxy) is 1. The van der Waals surface area contributed by atoms with Crippen molar-refractivity contribution in [1.82, 2.24) is 14.7 Å². The number of hydrogen-bond donors (Lipinski definition) is 0. The molecule has 1 atom stereocenters. The molecule has 0 spiro atoms. The summed E-state index contributed by atoms with van der Waals surface area (Å²) in [5.41, 5.74) is 2.90. The molecule has 1 amide bonds. The Labute approximate surface area is 149 Å². The summed E-state index contributed by atoms with van der Waals surface area (Å²) in [6.07, 6.45) is 3.82. The highest BCUT2D eigenvalue weighted by atomic mass is 16.5. The summed E-state index contributed by atoms with van der Waals surface area (Å²) in [5, 5.41) is 4.30. The zero-order chi connectivity index (χ0) is 17.8. The van der Waals surface area contributed by atoms with Gasteiger partial charge in [-0.2, -0.15) is 5.10 Å². The zero-order valence-corrected chi connectivity index (χ0v) is 15.4. The van der Waals surface area contributed by atoms with Gasteiger partial charge < -0.3 is 9.64 Å². The molecule has 1 aromatic carbocycles. The van der Waals surface area contributed by atoms with Crippen LogP contribution in [0.15, 0.2) is 30.5 Å². The average Bonchev–Trinajstić information content (AvgIpc) is 3.01. The van der Waals surface area contributed by atoms with E-state index in [4.69, 9.17) is 4.74 Å². The van der Waals surface area contributed by atoms with Gasteiger partial charge >= 0.3 is 0 Å². The van der Waals surface area contributed by atoms with Gasteiger partial charge in [0.2, 0.25) is 0 Å². The molecule has 1 aromatic heterocycles. The zero-order valence-electron chi connectivity index (χ0n) is 15.4. The molecule has 0 radical (unpaired) electrons. The molecule has 1 aliphatic heterocycles. The van der Waals surface area contributed by atoms with Crippen LogP contribution in [0.25, 0.3) is 0 Å². The molecule has 0 saturated carbocycles. The number of piperidine rings is 1. The highest BCUT2D eigenvalue weighted by Crippen LogP contribution is 2.21. The Hall–Kier alpha value is -2.30. The molecule has 1 saturated heterocycles. The first kappa shape index (κ1) is 17.5. The fourth-order valence-corrected chi connectivity index (χ4v) is 3.38. The topological polar surface area (TPSA) is 47.4 Å². The van der Waals surface area contributed by atoms with E-state index in [1.54, 1.807) is 6.20 Å². The summed E-state index contributed by atoms with van der Waals surface area (Å²) in [7, 11) is 0. The summed E-state index contributed by atoms with van der Waals surface area (Å²) < 4.78 is 7.80. The minimum absolute atomic E-state index is 0.0947. The maximum Gasteiger partial charge on any atom is 0.257 e. The van der Waals surface area contributed by atoms with Gasteiger partial charge in [-0.05, 0) is 45.7 Å². The Morgan fingerprint density at radius 2 is 2.04 bits per heavy atom. The Bertz CT molecular complexity index is 721. The maximum absolute atomic E-state index is 12.8. The van der Waals surface area contributed by atoms with Crippen LogP contribution in [0.4, 0.5) is 0 Å². The molecule has 1 aliphatic rings. The van der Waals surface area contributed by atoms with Crippen LogP contribution in [0.5, 0.6) is 5.75 Å². The normalized spacial score (nSPS) is 17.6. The molecule has 0 N–H and O–H groups in total. The number of benzene rings is 1. The first-order chi connectivity index (χ1) is 12.1. The molecular weight excluding hydrogens is 314 g/mol. The van der Waals surface area contributed by atoms with Crippen molar-refractivity contribution in [2.24, 2.45) is 5.92 Å². The van der Waals surface area contributed by atoms with E-state index >= 15 is 0 Å². The van der Waals surface area contributed by atoms with E-state index in [9.17, 15) is 4.79 Å². The standard InChI is InChI=1S/C20H27N3O2/c1-4-23-16(3)19(12-21-23)20(24)22-11-5-6-17(13-22)14-25-18-9-7-15(2)8-10-18/h7-10,12,17H,4-6,11,13-14H2,1-3H3/t17-/m1/s1. The van der Waals surface area contributed by atoms with E-state index in [1.807, 2.05) is 35.6 Å². The minimum atomic E-state index is 0.0947. The fraction of sp³-hybridized carbons (Fsp3) is 0.500. The van der Waals surface area contributed by atoms with Gasteiger partial charge in [-0.3, -0.25) is 9.48 Å². The maximum atomic E-state index is 12.8. The second kappa shape index (κ2) is 7.72. The molecule has 2 aromatic rings. The number of rotatable bonds is 5. The Morgan fingerprint density at radius 1 is 1.28 bits per heavy atom. The summed E-state index contributed by atoms with van der Waals surface area (Å²) >= 11 is 0. The fourth-order valence-electron chi connectivity index (χ4n) is 3.38. The summed E-state index contributed by atoms with van der Waals surface area (Å²) in [4.78, 5) is 14.8. The van der Waals surface area contributed by atoms with Crippen LogP contribution in [0, 0.1) is 19.8 Å². The monoisotopic (exact) mass is 341 g/mol. The van der Waals surface area contributed by atoms with Gasteiger partial charge in [-0.25, -0.2) is 0 Å². The molecule has 0 unspecified atom stereocenters. The van der Waals surface area contributed by atoms with Crippen LogP contribution in [-0.2, 0) is 6.54 Å². The van der Waals surface area contributed by atoms with Gasteiger partial charge in [0.25, 0.3) is 5.91 Å². The minimum Gasteiger partial charge on any atom is -0.493 e. The van der Waals surface area contributed by atoms with E-state index in [0.29, 0.717) is 12.5 Å². The van der Waals surface area contributed by atoms with Crippen molar-refractivity contribution in [3.63, 3.8) is 0 Å². The lowest BCUT2D eigenvalue weighted by Gasteiger charge is -2.32. The number of nitrogens with zero attached hydrogens (tertiary/aromatic N) is 3. The molecule has 25 heavy (non-hydrogen) atoms. The van der Waals surface area contributed by atoms with Gasteiger partial charge in [0.1, 0.15) is 5.75 Å². The van der Waals surface area contributed by atoms with Crippen LogP contribution in [0.1, 0.15) is 41.4 Å². The lowest BCUT2D eigenvalue weighted by molar-refractivity contribution is 0.0632. The third-order valence-electron chi connectivity index (χ3n) is 4.95. The number of carbonyl (C=O) groups excluding carboxylic acids is 1. The third kappa shape index (κ3) is 4.03. The second-order valence-electron chi connectivity index (χ2n) is 6.84. The number of amides is 1. The van der Waals surface area contributed by atoms with Crippen LogP contribution >= 0.6 is 0 Å². The molecule has 0 bridgehead atoms. The van der Waals surface area contributed by atoms with Crippen molar-refractivity contribution < 1.29 is 9.53 Å². The van der Waals surface area contributed by atoms with E-state index in [2.05, 4.69) is 24.2 Å². The van der Waals surface area contributed by atoms with Crippen molar-refractivity contribution >= 4 is 5.91 Å². The number of aryl methyl sites for hydroxylation is 2. The van der Waals surface area contributed by atoms with Crippen molar-refractivity contribution in [3.8, 4) is 5.75 Å². The van der Waals surface area contributed by atoms with Gasteiger partial charge in [-0.15, -0.1) is 0 Å². The number of carbonyl (C=O) groups is 1. The molecule has 5 nitrogen and oxygen atoms in total. The van der Waals surface area contributed by atoms with Gasteiger partial charge in [-0.1, -0.05) is 17.7 Å². The van der Waals surface area contributed by atoms with Crippen molar-refractivity contribution in [3.05, 3.63) is 47.3 Å². The lowest BCUT2D eigenvalue weighted by atomic mass is 9.98. The molecular formula is C20H27N3O2. The average molecular weight is 341 g/mol. The molecule has 1 fully saturated rings. The predicted molar refractivity (Wildman–Crippen MR) is 97.9 cm³/mol. The third-order valence-corrected chi connectivity index (χ3v) is 4.95. The van der Waals surface area contributed by atoms with Gasteiger partial charge in [0.15, 0.2) is 0 Å². The Balaban J connectivity index is 1.59. The van der Waals surface area contributed by atoms with Crippen LogP contribution in [-0.4, -0.2) is 40.3 Å². The summed E-state index contributed by atoms with van der Waals surface area (Å²) in [6, 6.07) is 8.12. The lowest BCUT2D eigenvalue weighted by Crippen LogP contribution is -2.41. The second-order valence-corrected chi connectivity index (χ2v) is 6.84. The van der Waals surface area contributed by atoms with E-state index in [-0.39, 0.29) is 5.91 Å². The predicted octanol–water partition coefficient (Wildman–Crippen LogP) is 3.45. The summed E-state index contributed by atoms with van der Waals surface area (Å²) in [6.45, 7) is 9.07. The highest BCUT2D eigenvalue weighted by molar-refractivity contribution is 5.95. The molecule has 134 valence electrons. The molecule has 2 heterocycles. The number of hydrogen-bond acceptors (Lipinski definition) is 3. The van der Waals surface area contributed by atoms with Crippen LogP contribution in [0.2, 0.25) is 0 Å². The van der Waals surface area contributed by atoms with Crippen molar-refractivity contribution in [2.45, 2.75) is 40.2 Å². The Kier molecular flexibility index (Phi) is 5.41. The van der Waals surface area contributed by atoms with Crippen molar-refractivity contribution in [2.75, 3.05) is 19.7 Å². The van der Waals surface area contributed by atoms with Gasteiger partial charge in [0, 0.05) is 31.2 Å². The molecule has 0 aliphatic carbocycles. The largest absolute Gasteiger partial charge is 0.493 e. The highest BCUT2D eigenvalue weighted by Gasteiger charge is 2.27. The van der Waals surface area contributed by atoms with E-state index < -0.39 is 0 Å². The SMILES string of the molecule is CCn1ncc(C(=O)N2CCC[C@@H](COc3ccc(C)cc3)C2)c1C. The first-order valence-corrected chi connectivity index (χ1v) is 9.09. The van der Waals surface area contributed by atoms with E-state index in [0.717, 1.165) is 49.5 Å². The van der Waals surface area contributed by atoms with Crippen LogP contribution in [0.3, 0.4) is 0 Å². The summed E-state index contributed by atoms with van der Waals surface area (Å²) in [5.74, 6) is 1.37. The van der Waals surface area contributed by atoms with Crippen molar-refractivity contribution in [1.29, 1.82) is 0 Å². The first-order valence-electron chi connectivity index (χ1n) is 9.09. The van der Waals surface area contributed by atoms with Crippen LogP contribution < -0.4 is 4.74 Å². The van der Waals surface area contributed by atoms with Gasteiger partial charge in [0.05, 0.1) is 18.4 Å². The number of aromatic nitrogens is 2. The van der Waals surface area contributed by atoms with E-state index in [1.165, 1.54) is 5.56 Å². The smallest absolute Gasteiger partial charge is 0.257 e. The Morgan fingerprint density at radius 3 is 2.72 bits per heavy atom.